The van der Waals surface area contributed by atoms with E-state index in [1.807, 2.05) is 5.32 Å². The molecule has 0 aliphatic carbocycles. The Morgan fingerprint density at radius 1 is 1.67 bits per heavy atom. The van der Waals surface area contributed by atoms with Gasteiger partial charge < -0.3 is 15.5 Å². The minimum atomic E-state index is -0.636. The highest BCUT2D eigenvalue weighted by Crippen LogP contribution is 1.88. The zero-order valence-corrected chi connectivity index (χ0v) is 5.51. The van der Waals surface area contributed by atoms with Crippen LogP contribution in [0.4, 0.5) is 4.79 Å². The van der Waals surface area contributed by atoms with Gasteiger partial charge in [0, 0.05) is 0 Å². The first-order chi connectivity index (χ1) is 4.22. The van der Waals surface area contributed by atoms with Crippen molar-refractivity contribution in [3.63, 3.8) is 0 Å². The van der Waals surface area contributed by atoms with Gasteiger partial charge >= 0.3 is 6.03 Å². The van der Waals surface area contributed by atoms with E-state index in [2.05, 4.69) is 12.8 Å². The predicted molar refractivity (Wildman–Crippen MR) is 33.5 cm³/mol. The van der Waals surface area contributed by atoms with Gasteiger partial charge in [-0.1, -0.05) is 12.8 Å². The molecule has 0 aliphatic heterocycles. The number of urea groups is 1. The molecule has 0 fully saturated rings. The third kappa shape index (κ3) is 3.17. The second-order valence-electron chi connectivity index (χ2n) is 1.18. The Morgan fingerprint density at radius 2 is 2.22 bits per heavy atom. The van der Waals surface area contributed by atoms with Crippen LogP contribution in [0, 0.1) is 0 Å². The van der Waals surface area contributed by atoms with Crippen LogP contribution in [0.2, 0.25) is 0 Å². The number of aliphatic hydroxyl groups excluding tert-OH is 2. The highest BCUT2D eigenvalue weighted by Gasteiger charge is 2.04. The van der Waals surface area contributed by atoms with Gasteiger partial charge in [-0.15, -0.1) is 0 Å². The van der Waals surface area contributed by atoms with Gasteiger partial charge in [0.05, 0.1) is 0 Å². The van der Waals surface area contributed by atoms with Gasteiger partial charge in [-0.25, -0.2) is 9.10 Å². The summed E-state index contributed by atoms with van der Waals surface area (Å²) in [5, 5.41) is 18.3. The van der Waals surface area contributed by atoms with Gasteiger partial charge in [0.15, 0.2) is 0 Å². The molecule has 0 bridgehead atoms. The third-order valence-corrected chi connectivity index (χ3v) is 0.907. The van der Waals surface area contributed by atoms with Crippen molar-refractivity contribution in [2.24, 2.45) is 0 Å². The van der Waals surface area contributed by atoms with Crippen molar-refractivity contribution in [3.8, 4) is 0 Å². The number of carbonyl (C=O) groups excluding carboxylic acids is 1. The van der Waals surface area contributed by atoms with Crippen LogP contribution in [0.5, 0.6) is 0 Å². The summed E-state index contributed by atoms with van der Waals surface area (Å²) in [5.74, 6) is 0. The highest BCUT2D eigenvalue weighted by atomic mass is 32.1. The van der Waals surface area contributed by atoms with Crippen molar-refractivity contribution in [2.75, 3.05) is 13.5 Å². The van der Waals surface area contributed by atoms with E-state index in [1.54, 1.807) is 0 Å². The fourth-order valence-corrected chi connectivity index (χ4v) is 0.294. The summed E-state index contributed by atoms with van der Waals surface area (Å²) in [7, 11) is 0. The van der Waals surface area contributed by atoms with E-state index in [1.165, 1.54) is 0 Å². The summed E-state index contributed by atoms with van der Waals surface area (Å²) >= 11 is 3.52. The van der Waals surface area contributed by atoms with Crippen LogP contribution in [0.1, 0.15) is 0 Å². The third-order valence-electron chi connectivity index (χ3n) is 0.599. The van der Waals surface area contributed by atoms with Crippen LogP contribution in [0.25, 0.3) is 0 Å². The van der Waals surface area contributed by atoms with Crippen molar-refractivity contribution in [2.45, 2.75) is 0 Å². The van der Waals surface area contributed by atoms with Gasteiger partial charge in [-0.05, 0) is 0 Å². The Hall–Kier alpha value is -0.460. The van der Waals surface area contributed by atoms with Crippen LogP contribution < -0.4 is 5.32 Å². The van der Waals surface area contributed by atoms with E-state index in [9.17, 15) is 4.79 Å². The van der Waals surface area contributed by atoms with Crippen LogP contribution in [-0.4, -0.2) is 34.0 Å². The molecule has 0 aromatic heterocycles. The summed E-state index contributed by atoms with van der Waals surface area (Å²) in [6.07, 6.45) is 0. The minimum absolute atomic E-state index is 0.462. The lowest BCUT2D eigenvalue weighted by Gasteiger charge is -2.10. The summed E-state index contributed by atoms with van der Waals surface area (Å²) < 4.78 is 0.718. The molecule has 0 radical (unpaired) electrons. The lowest BCUT2D eigenvalue weighted by atomic mass is 10.9. The Bertz CT molecular complexity index is 99.1. The quantitative estimate of drug-likeness (QED) is 0.295. The van der Waals surface area contributed by atoms with Crippen molar-refractivity contribution < 1.29 is 15.0 Å². The molecule has 0 aromatic rings. The average Bonchev–Trinajstić information content (AvgIpc) is 1.87. The molecule has 0 saturated heterocycles. The maximum Gasteiger partial charge on any atom is 0.331 e. The molecular weight excluding hydrogens is 144 g/mol. The van der Waals surface area contributed by atoms with E-state index in [-0.39, 0.29) is 0 Å². The smallest absolute Gasteiger partial charge is 0.331 e. The molecule has 0 saturated carbocycles. The van der Waals surface area contributed by atoms with Crippen molar-refractivity contribution in [1.29, 1.82) is 0 Å². The first kappa shape index (κ1) is 8.54. The first-order valence-electron chi connectivity index (χ1n) is 2.18. The average molecular weight is 152 g/mol. The van der Waals surface area contributed by atoms with Gasteiger partial charge in [0.25, 0.3) is 0 Å². The number of nitrogens with one attached hydrogen (secondary N) is 1. The molecule has 0 spiro atoms. The molecule has 9 heavy (non-hydrogen) atoms. The summed E-state index contributed by atoms with van der Waals surface area (Å²) in [6, 6.07) is -0.636. The Balaban J connectivity index is 3.46. The molecular formula is C3H8N2O3S. The fourth-order valence-electron chi connectivity index (χ4n) is 0.223. The second kappa shape index (κ2) is 4.42. The van der Waals surface area contributed by atoms with Gasteiger partial charge in [0.2, 0.25) is 0 Å². The van der Waals surface area contributed by atoms with Crippen LogP contribution >= 0.6 is 12.8 Å². The van der Waals surface area contributed by atoms with Crippen LogP contribution in [0.3, 0.4) is 0 Å². The molecule has 0 rings (SSSR count). The molecule has 3 N–H and O–H groups in total. The van der Waals surface area contributed by atoms with Gasteiger partial charge in [-0.3, -0.25) is 0 Å². The minimum Gasteiger partial charge on any atom is -0.376 e. The van der Waals surface area contributed by atoms with E-state index in [0.717, 1.165) is 4.31 Å². The molecule has 0 unspecified atom stereocenters. The largest absolute Gasteiger partial charge is 0.376 e. The number of aliphatic hydroxyl groups is 2. The van der Waals surface area contributed by atoms with Crippen LogP contribution in [-0.2, 0) is 0 Å². The summed E-state index contributed by atoms with van der Waals surface area (Å²) in [4.78, 5) is 10.4. The molecule has 0 aromatic carbocycles. The maximum absolute atomic E-state index is 10.4. The Morgan fingerprint density at radius 3 is 2.56 bits per heavy atom. The number of hydrogen-bond acceptors (Lipinski definition) is 4. The zero-order valence-electron chi connectivity index (χ0n) is 4.61. The number of amides is 2. The van der Waals surface area contributed by atoms with Crippen molar-refractivity contribution in [1.82, 2.24) is 9.62 Å². The zero-order chi connectivity index (χ0) is 7.28. The number of thiol groups is 1. The fraction of sp³-hybridized carbons (Fsp3) is 0.667. The molecule has 0 aliphatic rings. The van der Waals surface area contributed by atoms with Crippen LogP contribution in [0.15, 0.2) is 0 Å². The lowest BCUT2D eigenvalue weighted by Crippen LogP contribution is -2.34. The number of nitrogens with zero attached hydrogens (tertiary/aromatic N) is 1. The van der Waals surface area contributed by atoms with Gasteiger partial charge in [-0.2, -0.15) is 0 Å². The topological polar surface area (TPSA) is 72.8 Å². The van der Waals surface area contributed by atoms with E-state index >= 15 is 0 Å². The SMILES string of the molecule is O=C(NCO)N(S)CO. The van der Waals surface area contributed by atoms with E-state index in [0.29, 0.717) is 0 Å². The molecule has 2 amide bonds. The molecule has 0 heterocycles. The van der Waals surface area contributed by atoms with Gasteiger partial charge in [0.1, 0.15) is 13.5 Å². The van der Waals surface area contributed by atoms with E-state index < -0.39 is 19.5 Å². The monoisotopic (exact) mass is 152 g/mol. The summed E-state index contributed by atoms with van der Waals surface area (Å²) in [5.41, 5.74) is 0. The molecule has 6 heteroatoms. The first-order valence-corrected chi connectivity index (χ1v) is 2.58. The number of rotatable bonds is 2. The summed E-state index contributed by atoms with van der Waals surface area (Å²) in [6.45, 7) is -0.954. The highest BCUT2D eigenvalue weighted by molar-refractivity contribution is 7.78. The second-order valence-corrected chi connectivity index (χ2v) is 1.66. The Kier molecular flexibility index (Phi) is 4.20. The molecule has 5 nitrogen and oxygen atoms in total. The van der Waals surface area contributed by atoms with Crippen molar-refractivity contribution in [3.05, 3.63) is 0 Å². The number of hydrogen-bond donors (Lipinski definition) is 4. The predicted octanol–water partition coefficient (Wildman–Crippen LogP) is -1.26. The van der Waals surface area contributed by atoms with E-state index in [4.69, 9.17) is 10.2 Å². The Labute approximate surface area is 57.8 Å². The normalized spacial score (nSPS) is 8.78. The maximum atomic E-state index is 10.4. The molecule has 0 atom stereocenters. The lowest BCUT2D eigenvalue weighted by molar-refractivity contribution is 0.167. The number of carbonyl (C=O) groups is 1. The van der Waals surface area contributed by atoms with Crippen molar-refractivity contribution >= 4 is 18.8 Å². The molecule has 54 valence electrons. The standard InChI is InChI=1S/C3H8N2O3S/c6-1-4-3(8)5(9)2-7/h6-7,9H,1-2H2,(H,4,8).